The SMILES string of the molecule is NCCn1cnc(C(=O)NCC2(O)CCC2)c1. The lowest BCUT2D eigenvalue weighted by atomic mass is 9.80. The van der Waals surface area contributed by atoms with Crippen molar-refractivity contribution < 1.29 is 9.90 Å². The number of aromatic nitrogens is 2. The Morgan fingerprint density at radius 1 is 1.65 bits per heavy atom. The molecule has 0 bridgehead atoms. The molecule has 1 saturated carbocycles. The molecular formula is C11H18N4O2. The Morgan fingerprint density at radius 3 is 3.00 bits per heavy atom. The lowest BCUT2D eigenvalue weighted by Crippen LogP contribution is -2.47. The third-order valence-electron chi connectivity index (χ3n) is 3.12. The van der Waals surface area contributed by atoms with E-state index in [9.17, 15) is 9.90 Å². The van der Waals surface area contributed by atoms with Crippen LogP contribution in [0.5, 0.6) is 0 Å². The van der Waals surface area contributed by atoms with Gasteiger partial charge in [-0.1, -0.05) is 0 Å². The molecule has 1 aliphatic rings. The molecule has 0 radical (unpaired) electrons. The first-order valence-corrected chi connectivity index (χ1v) is 5.85. The van der Waals surface area contributed by atoms with Crippen LogP contribution in [-0.4, -0.2) is 39.3 Å². The minimum atomic E-state index is -0.699. The Hall–Kier alpha value is -1.40. The van der Waals surface area contributed by atoms with Gasteiger partial charge in [0.05, 0.1) is 11.9 Å². The van der Waals surface area contributed by atoms with Crippen LogP contribution in [0.25, 0.3) is 0 Å². The number of nitrogens with zero attached hydrogens (tertiary/aromatic N) is 2. The fourth-order valence-corrected chi connectivity index (χ4v) is 1.85. The number of carbonyl (C=O) groups excluding carboxylic acids is 1. The van der Waals surface area contributed by atoms with Crippen LogP contribution in [-0.2, 0) is 6.54 Å². The second-order valence-electron chi connectivity index (χ2n) is 4.55. The molecule has 94 valence electrons. The molecule has 0 saturated heterocycles. The summed E-state index contributed by atoms with van der Waals surface area (Å²) >= 11 is 0. The van der Waals surface area contributed by atoms with E-state index in [-0.39, 0.29) is 5.91 Å². The van der Waals surface area contributed by atoms with Gasteiger partial charge in [0.2, 0.25) is 0 Å². The zero-order chi connectivity index (χ0) is 12.3. The maximum atomic E-state index is 11.7. The number of amides is 1. The van der Waals surface area contributed by atoms with Crippen LogP contribution in [0.1, 0.15) is 29.8 Å². The summed E-state index contributed by atoms with van der Waals surface area (Å²) in [5.41, 5.74) is 5.07. The van der Waals surface area contributed by atoms with Gasteiger partial charge in [0.15, 0.2) is 0 Å². The highest BCUT2D eigenvalue weighted by Gasteiger charge is 2.34. The van der Waals surface area contributed by atoms with Crippen molar-refractivity contribution in [3.63, 3.8) is 0 Å². The van der Waals surface area contributed by atoms with Gasteiger partial charge >= 0.3 is 0 Å². The van der Waals surface area contributed by atoms with Crippen LogP contribution in [0, 0.1) is 0 Å². The fourth-order valence-electron chi connectivity index (χ4n) is 1.85. The van der Waals surface area contributed by atoms with Gasteiger partial charge in [0.1, 0.15) is 5.69 Å². The predicted octanol–water partition coefficient (Wildman–Crippen LogP) is -0.513. The maximum absolute atomic E-state index is 11.7. The molecule has 6 heteroatoms. The number of nitrogens with one attached hydrogen (secondary N) is 1. The van der Waals surface area contributed by atoms with Gasteiger partial charge in [-0.15, -0.1) is 0 Å². The first kappa shape index (κ1) is 12.1. The summed E-state index contributed by atoms with van der Waals surface area (Å²) in [6, 6.07) is 0. The topological polar surface area (TPSA) is 93.2 Å². The van der Waals surface area contributed by atoms with Crippen LogP contribution in [0.3, 0.4) is 0 Å². The quantitative estimate of drug-likeness (QED) is 0.644. The highest BCUT2D eigenvalue weighted by atomic mass is 16.3. The van der Waals surface area contributed by atoms with E-state index in [1.807, 2.05) is 0 Å². The molecule has 0 aromatic carbocycles. The number of nitrogens with two attached hydrogens (primary N) is 1. The Kier molecular flexibility index (Phi) is 3.44. The standard InChI is InChI=1S/C11H18N4O2/c12-4-5-15-6-9(14-8-15)10(16)13-7-11(17)2-1-3-11/h6,8,17H,1-5,7,12H2,(H,13,16). The Morgan fingerprint density at radius 2 is 2.41 bits per heavy atom. The minimum Gasteiger partial charge on any atom is -0.388 e. The molecule has 1 aromatic rings. The van der Waals surface area contributed by atoms with E-state index in [1.165, 1.54) is 0 Å². The van der Waals surface area contributed by atoms with Crippen molar-refractivity contribution in [2.24, 2.45) is 5.73 Å². The van der Waals surface area contributed by atoms with E-state index in [1.54, 1.807) is 17.1 Å². The van der Waals surface area contributed by atoms with Gasteiger partial charge in [-0.3, -0.25) is 4.79 Å². The van der Waals surface area contributed by atoms with Gasteiger partial charge in [-0.2, -0.15) is 0 Å². The van der Waals surface area contributed by atoms with Crippen LogP contribution >= 0.6 is 0 Å². The molecule has 17 heavy (non-hydrogen) atoms. The number of aliphatic hydroxyl groups is 1. The van der Waals surface area contributed by atoms with Gasteiger partial charge < -0.3 is 20.7 Å². The summed E-state index contributed by atoms with van der Waals surface area (Å²) in [7, 11) is 0. The molecule has 0 spiro atoms. The van der Waals surface area contributed by atoms with Crippen molar-refractivity contribution in [2.45, 2.75) is 31.4 Å². The normalized spacial score (nSPS) is 17.5. The lowest BCUT2D eigenvalue weighted by molar-refractivity contribution is -0.0300. The number of rotatable bonds is 5. The molecule has 0 unspecified atom stereocenters. The van der Waals surface area contributed by atoms with Gasteiger partial charge in [0.25, 0.3) is 5.91 Å². The van der Waals surface area contributed by atoms with Gasteiger partial charge in [-0.25, -0.2) is 4.98 Å². The molecule has 1 heterocycles. The number of hydrogen-bond donors (Lipinski definition) is 3. The van der Waals surface area contributed by atoms with E-state index in [0.717, 1.165) is 19.3 Å². The minimum absolute atomic E-state index is 0.249. The molecule has 2 rings (SSSR count). The number of imidazole rings is 1. The zero-order valence-electron chi connectivity index (χ0n) is 9.72. The molecule has 6 nitrogen and oxygen atoms in total. The summed E-state index contributed by atoms with van der Waals surface area (Å²) in [6.07, 6.45) is 5.79. The summed E-state index contributed by atoms with van der Waals surface area (Å²) < 4.78 is 1.77. The number of carbonyl (C=O) groups is 1. The van der Waals surface area contributed by atoms with Crippen molar-refractivity contribution in [1.29, 1.82) is 0 Å². The monoisotopic (exact) mass is 238 g/mol. The van der Waals surface area contributed by atoms with E-state index < -0.39 is 5.60 Å². The van der Waals surface area contributed by atoms with Crippen molar-refractivity contribution in [2.75, 3.05) is 13.1 Å². The summed E-state index contributed by atoms with van der Waals surface area (Å²) in [4.78, 5) is 15.7. The maximum Gasteiger partial charge on any atom is 0.271 e. The van der Waals surface area contributed by atoms with E-state index in [4.69, 9.17) is 5.73 Å². The molecule has 4 N–H and O–H groups in total. The van der Waals surface area contributed by atoms with Crippen LogP contribution < -0.4 is 11.1 Å². The van der Waals surface area contributed by atoms with E-state index in [0.29, 0.717) is 25.3 Å². The highest BCUT2D eigenvalue weighted by molar-refractivity contribution is 5.92. The molecule has 1 aromatic heterocycles. The van der Waals surface area contributed by atoms with Gasteiger partial charge in [-0.05, 0) is 19.3 Å². The summed E-state index contributed by atoms with van der Waals surface area (Å²) in [6.45, 7) is 1.46. The van der Waals surface area contributed by atoms with Crippen molar-refractivity contribution in [3.05, 3.63) is 18.2 Å². The molecular weight excluding hydrogens is 220 g/mol. The second kappa shape index (κ2) is 4.85. The third kappa shape index (κ3) is 2.83. The average molecular weight is 238 g/mol. The fraction of sp³-hybridized carbons (Fsp3) is 0.636. The third-order valence-corrected chi connectivity index (χ3v) is 3.12. The summed E-state index contributed by atoms with van der Waals surface area (Å²) in [5, 5.41) is 12.5. The Labute approximate surface area is 99.8 Å². The van der Waals surface area contributed by atoms with Crippen LogP contribution in [0.2, 0.25) is 0 Å². The predicted molar refractivity (Wildman–Crippen MR) is 62.4 cm³/mol. The van der Waals surface area contributed by atoms with Crippen molar-refractivity contribution in [3.8, 4) is 0 Å². The smallest absolute Gasteiger partial charge is 0.271 e. The van der Waals surface area contributed by atoms with Crippen molar-refractivity contribution >= 4 is 5.91 Å². The largest absolute Gasteiger partial charge is 0.388 e. The molecule has 1 fully saturated rings. The highest BCUT2D eigenvalue weighted by Crippen LogP contribution is 2.30. The Balaban J connectivity index is 1.85. The Bertz CT molecular complexity index is 398. The lowest BCUT2D eigenvalue weighted by Gasteiger charge is -2.36. The number of hydrogen-bond acceptors (Lipinski definition) is 4. The molecule has 0 atom stereocenters. The first-order chi connectivity index (χ1) is 8.13. The molecule has 1 aliphatic carbocycles. The van der Waals surface area contributed by atoms with Crippen LogP contribution in [0.4, 0.5) is 0 Å². The van der Waals surface area contributed by atoms with Crippen molar-refractivity contribution in [1.82, 2.24) is 14.9 Å². The summed E-state index contributed by atoms with van der Waals surface area (Å²) in [5.74, 6) is -0.249. The van der Waals surface area contributed by atoms with E-state index in [2.05, 4.69) is 10.3 Å². The van der Waals surface area contributed by atoms with Crippen LogP contribution in [0.15, 0.2) is 12.5 Å². The zero-order valence-corrected chi connectivity index (χ0v) is 9.72. The second-order valence-corrected chi connectivity index (χ2v) is 4.55. The van der Waals surface area contributed by atoms with Gasteiger partial charge in [0, 0.05) is 25.8 Å². The average Bonchev–Trinajstić information content (AvgIpc) is 2.72. The first-order valence-electron chi connectivity index (χ1n) is 5.85. The molecule has 0 aliphatic heterocycles. The van der Waals surface area contributed by atoms with E-state index >= 15 is 0 Å². The molecule has 1 amide bonds.